The van der Waals surface area contributed by atoms with E-state index in [-0.39, 0.29) is 11.8 Å². The van der Waals surface area contributed by atoms with Crippen molar-refractivity contribution in [2.24, 2.45) is 0 Å². The number of hydrogen-bond donors (Lipinski definition) is 2. The normalized spacial score (nSPS) is 10.3. The van der Waals surface area contributed by atoms with Gasteiger partial charge in [-0.3, -0.25) is 9.59 Å². The molecule has 0 aliphatic heterocycles. The van der Waals surface area contributed by atoms with Gasteiger partial charge in [0.2, 0.25) is 0 Å². The lowest BCUT2D eigenvalue weighted by atomic mass is 10.1. The van der Waals surface area contributed by atoms with E-state index in [0.717, 1.165) is 24.1 Å². The Labute approximate surface area is 177 Å². The highest BCUT2D eigenvalue weighted by atomic mass is 16.5. The molecule has 5 nitrogen and oxygen atoms in total. The molecule has 2 amide bonds. The predicted molar refractivity (Wildman–Crippen MR) is 120 cm³/mol. The third kappa shape index (κ3) is 5.70. The van der Waals surface area contributed by atoms with Gasteiger partial charge in [0.05, 0.1) is 12.2 Å². The smallest absolute Gasteiger partial charge is 0.259 e. The molecule has 0 saturated heterocycles. The van der Waals surface area contributed by atoms with Gasteiger partial charge in [0.25, 0.3) is 11.8 Å². The van der Waals surface area contributed by atoms with Crippen LogP contribution in [-0.4, -0.2) is 18.4 Å². The quantitative estimate of drug-likeness (QED) is 0.477. The van der Waals surface area contributed by atoms with Crippen LogP contribution in [0.25, 0.3) is 0 Å². The lowest BCUT2D eigenvalue weighted by Crippen LogP contribution is -2.15. The largest absolute Gasteiger partial charge is 0.493 e. The monoisotopic (exact) mass is 402 g/mol. The van der Waals surface area contributed by atoms with Crippen LogP contribution in [0.3, 0.4) is 0 Å². The molecule has 30 heavy (non-hydrogen) atoms. The first-order valence-electron chi connectivity index (χ1n) is 10.1. The Balaban J connectivity index is 1.71. The maximum Gasteiger partial charge on any atom is 0.259 e. The maximum absolute atomic E-state index is 12.8. The molecule has 0 radical (unpaired) electrons. The Morgan fingerprint density at radius 1 is 0.833 bits per heavy atom. The number of benzene rings is 3. The molecule has 2 N–H and O–H groups in total. The highest BCUT2D eigenvalue weighted by molar-refractivity contribution is 6.08. The van der Waals surface area contributed by atoms with Gasteiger partial charge in [0, 0.05) is 16.9 Å². The molecule has 0 fully saturated rings. The minimum Gasteiger partial charge on any atom is -0.493 e. The first-order chi connectivity index (χ1) is 14.6. The van der Waals surface area contributed by atoms with Crippen molar-refractivity contribution in [3.05, 3.63) is 89.5 Å². The summed E-state index contributed by atoms with van der Waals surface area (Å²) in [5, 5.41) is 5.74. The second-order valence-corrected chi connectivity index (χ2v) is 7.06. The summed E-state index contributed by atoms with van der Waals surface area (Å²) >= 11 is 0. The number of unbranched alkanes of at least 4 members (excludes halogenated alkanes) is 1. The van der Waals surface area contributed by atoms with E-state index in [9.17, 15) is 9.59 Å². The zero-order valence-electron chi connectivity index (χ0n) is 17.3. The molecule has 0 unspecified atom stereocenters. The zero-order valence-corrected chi connectivity index (χ0v) is 17.3. The van der Waals surface area contributed by atoms with Crippen LogP contribution in [0, 0.1) is 6.92 Å². The topological polar surface area (TPSA) is 67.4 Å². The van der Waals surface area contributed by atoms with Crippen LogP contribution in [-0.2, 0) is 0 Å². The Morgan fingerprint density at radius 3 is 2.30 bits per heavy atom. The minimum atomic E-state index is -0.279. The SMILES string of the molecule is CCCCOc1ccccc1C(=O)Nc1cccc(C(=O)Nc2cccc(C)c2)c1. The van der Waals surface area contributed by atoms with Gasteiger partial charge in [0.1, 0.15) is 5.75 Å². The number of anilines is 2. The van der Waals surface area contributed by atoms with Gasteiger partial charge in [-0.25, -0.2) is 0 Å². The fraction of sp³-hybridized carbons (Fsp3) is 0.200. The number of hydrogen-bond acceptors (Lipinski definition) is 3. The Morgan fingerprint density at radius 2 is 1.53 bits per heavy atom. The molecular weight excluding hydrogens is 376 g/mol. The number of carbonyl (C=O) groups excluding carboxylic acids is 2. The zero-order chi connectivity index (χ0) is 21.3. The average Bonchev–Trinajstić information content (AvgIpc) is 2.74. The molecule has 0 heterocycles. The summed E-state index contributed by atoms with van der Waals surface area (Å²) in [6.07, 6.45) is 1.94. The minimum absolute atomic E-state index is 0.236. The van der Waals surface area contributed by atoms with Gasteiger partial charge < -0.3 is 15.4 Å². The van der Waals surface area contributed by atoms with E-state index in [1.165, 1.54) is 0 Å². The molecular formula is C25H26N2O3. The van der Waals surface area contributed by atoms with E-state index in [0.29, 0.717) is 29.2 Å². The summed E-state index contributed by atoms with van der Waals surface area (Å²) < 4.78 is 5.75. The summed E-state index contributed by atoms with van der Waals surface area (Å²) in [5.41, 5.74) is 3.26. The van der Waals surface area contributed by atoms with E-state index in [2.05, 4.69) is 17.6 Å². The lowest BCUT2D eigenvalue weighted by molar-refractivity contribution is 0.101. The number of nitrogens with one attached hydrogen (secondary N) is 2. The van der Waals surface area contributed by atoms with Crippen molar-refractivity contribution in [1.29, 1.82) is 0 Å². The molecule has 0 spiro atoms. The molecule has 3 aromatic carbocycles. The molecule has 3 rings (SSSR count). The highest BCUT2D eigenvalue weighted by Gasteiger charge is 2.14. The maximum atomic E-state index is 12.8. The van der Waals surface area contributed by atoms with Crippen molar-refractivity contribution < 1.29 is 14.3 Å². The fourth-order valence-electron chi connectivity index (χ4n) is 2.97. The van der Waals surface area contributed by atoms with Crippen molar-refractivity contribution in [2.45, 2.75) is 26.7 Å². The third-order valence-corrected chi connectivity index (χ3v) is 4.55. The molecule has 0 aromatic heterocycles. The first-order valence-corrected chi connectivity index (χ1v) is 10.1. The van der Waals surface area contributed by atoms with Crippen LogP contribution in [0.5, 0.6) is 5.75 Å². The summed E-state index contributed by atoms with van der Waals surface area (Å²) in [7, 11) is 0. The number of carbonyl (C=O) groups is 2. The Bertz CT molecular complexity index is 1030. The predicted octanol–water partition coefficient (Wildman–Crippen LogP) is 5.68. The fourth-order valence-corrected chi connectivity index (χ4v) is 2.97. The number of aryl methyl sites for hydroxylation is 1. The van der Waals surface area contributed by atoms with Crippen molar-refractivity contribution in [3.63, 3.8) is 0 Å². The number of rotatable bonds is 8. The van der Waals surface area contributed by atoms with Gasteiger partial charge in [-0.2, -0.15) is 0 Å². The van der Waals surface area contributed by atoms with Crippen LogP contribution in [0.15, 0.2) is 72.8 Å². The van der Waals surface area contributed by atoms with Crippen LogP contribution in [0.4, 0.5) is 11.4 Å². The summed E-state index contributed by atoms with van der Waals surface area (Å²) in [6.45, 7) is 4.62. The molecule has 0 bridgehead atoms. The first kappa shape index (κ1) is 21.1. The van der Waals surface area contributed by atoms with Gasteiger partial charge in [-0.05, 0) is 61.4 Å². The van der Waals surface area contributed by atoms with Gasteiger partial charge in [-0.15, -0.1) is 0 Å². The highest BCUT2D eigenvalue weighted by Crippen LogP contribution is 2.21. The second-order valence-electron chi connectivity index (χ2n) is 7.06. The van der Waals surface area contributed by atoms with Crippen molar-refractivity contribution >= 4 is 23.2 Å². The number of ether oxygens (including phenoxy) is 1. The summed E-state index contributed by atoms with van der Waals surface area (Å²) in [4.78, 5) is 25.4. The van der Waals surface area contributed by atoms with Crippen molar-refractivity contribution in [1.82, 2.24) is 0 Å². The molecule has 0 aliphatic rings. The van der Waals surface area contributed by atoms with E-state index in [4.69, 9.17) is 4.74 Å². The van der Waals surface area contributed by atoms with Gasteiger partial charge in [0.15, 0.2) is 0 Å². The van der Waals surface area contributed by atoms with E-state index in [1.54, 1.807) is 42.5 Å². The second kappa shape index (κ2) is 10.3. The van der Waals surface area contributed by atoms with Crippen LogP contribution in [0.1, 0.15) is 46.0 Å². The molecule has 5 heteroatoms. The molecule has 0 aliphatic carbocycles. The van der Waals surface area contributed by atoms with E-state index >= 15 is 0 Å². The molecule has 3 aromatic rings. The lowest BCUT2D eigenvalue weighted by Gasteiger charge is -2.12. The van der Waals surface area contributed by atoms with Crippen molar-refractivity contribution in [3.8, 4) is 5.75 Å². The molecule has 154 valence electrons. The van der Waals surface area contributed by atoms with Gasteiger partial charge >= 0.3 is 0 Å². The molecule has 0 saturated carbocycles. The summed E-state index contributed by atoms with van der Waals surface area (Å²) in [6, 6.07) is 21.6. The Kier molecular flexibility index (Phi) is 7.22. The number of amides is 2. The standard InChI is InChI=1S/C25H26N2O3/c1-3-4-15-30-23-14-6-5-13-22(23)25(29)27-21-12-8-10-19(17-21)24(28)26-20-11-7-9-18(2)16-20/h5-14,16-17H,3-4,15H2,1-2H3,(H,26,28)(H,27,29). The number of para-hydroxylation sites is 1. The van der Waals surface area contributed by atoms with Crippen LogP contribution >= 0.6 is 0 Å². The molecule has 0 atom stereocenters. The summed E-state index contributed by atoms with van der Waals surface area (Å²) in [5.74, 6) is 0.0372. The van der Waals surface area contributed by atoms with E-state index < -0.39 is 0 Å². The van der Waals surface area contributed by atoms with Crippen LogP contribution < -0.4 is 15.4 Å². The van der Waals surface area contributed by atoms with Gasteiger partial charge in [-0.1, -0.05) is 43.7 Å². The third-order valence-electron chi connectivity index (χ3n) is 4.55. The van der Waals surface area contributed by atoms with E-state index in [1.807, 2.05) is 37.3 Å². The van der Waals surface area contributed by atoms with Crippen molar-refractivity contribution in [2.75, 3.05) is 17.2 Å². The van der Waals surface area contributed by atoms with Crippen LogP contribution in [0.2, 0.25) is 0 Å². The Hall–Kier alpha value is -3.60. The average molecular weight is 402 g/mol.